The summed E-state index contributed by atoms with van der Waals surface area (Å²) in [5.41, 5.74) is 1.12. The molecule has 1 aromatic heterocycles. The van der Waals surface area contributed by atoms with E-state index in [0.717, 1.165) is 0 Å². The highest BCUT2D eigenvalue weighted by Crippen LogP contribution is 2.04. The Kier molecular flexibility index (Phi) is 5.28. The quantitative estimate of drug-likeness (QED) is 0.824. The van der Waals surface area contributed by atoms with E-state index in [1.165, 1.54) is 6.20 Å². The summed E-state index contributed by atoms with van der Waals surface area (Å²) in [7, 11) is 0. The molecule has 0 aliphatic rings. The molecule has 6 nitrogen and oxygen atoms in total. The molecular formula is C15H15N3O3. The number of nitrogens with zero attached hydrogens (tertiary/aromatic N) is 1. The molecule has 0 atom stereocenters. The first kappa shape index (κ1) is 14.5. The van der Waals surface area contributed by atoms with Crippen molar-refractivity contribution in [3.05, 3.63) is 60.4 Å². The number of ether oxygens (including phenoxy) is 1. The lowest BCUT2D eigenvalue weighted by atomic mass is 10.3. The van der Waals surface area contributed by atoms with Crippen molar-refractivity contribution < 1.29 is 14.3 Å². The molecule has 0 spiro atoms. The predicted octanol–water partition coefficient (Wildman–Crippen LogP) is 2.06. The second-order valence-electron chi connectivity index (χ2n) is 4.12. The standard InChI is InChI=1S/C15H15N3O3/c19-14(12-5-4-8-16-11-12)17-9-10-21-15(20)18-13-6-2-1-3-7-13/h1-8,11H,9-10H2,(H,17,19)(H,18,20). The van der Waals surface area contributed by atoms with E-state index < -0.39 is 6.09 Å². The Morgan fingerprint density at radius 3 is 2.62 bits per heavy atom. The smallest absolute Gasteiger partial charge is 0.411 e. The third kappa shape index (κ3) is 4.94. The number of hydrogen-bond acceptors (Lipinski definition) is 4. The maximum Gasteiger partial charge on any atom is 0.411 e. The van der Waals surface area contributed by atoms with Crippen molar-refractivity contribution in [3.8, 4) is 0 Å². The molecule has 21 heavy (non-hydrogen) atoms. The summed E-state index contributed by atoms with van der Waals surface area (Å²) in [6.07, 6.45) is 2.50. The third-order valence-electron chi connectivity index (χ3n) is 2.56. The van der Waals surface area contributed by atoms with Crippen LogP contribution in [0, 0.1) is 0 Å². The van der Waals surface area contributed by atoms with Crippen LogP contribution in [0.25, 0.3) is 0 Å². The molecule has 2 N–H and O–H groups in total. The molecule has 1 heterocycles. The van der Waals surface area contributed by atoms with E-state index >= 15 is 0 Å². The maximum absolute atomic E-state index is 11.7. The first-order valence-electron chi connectivity index (χ1n) is 6.43. The second-order valence-corrected chi connectivity index (χ2v) is 4.12. The lowest BCUT2D eigenvalue weighted by Gasteiger charge is -2.08. The fourth-order valence-corrected chi connectivity index (χ4v) is 1.58. The molecule has 6 heteroatoms. The highest BCUT2D eigenvalue weighted by molar-refractivity contribution is 5.93. The zero-order chi connectivity index (χ0) is 14.9. The molecule has 0 radical (unpaired) electrons. The number of pyridine rings is 1. The number of para-hydroxylation sites is 1. The molecule has 0 aliphatic heterocycles. The normalized spacial score (nSPS) is 9.71. The zero-order valence-electron chi connectivity index (χ0n) is 11.3. The summed E-state index contributed by atoms with van der Waals surface area (Å²) in [6.45, 7) is 0.320. The van der Waals surface area contributed by atoms with Crippen molar-refractivity contribution in [1.82, 2.24) is 10.3 Å². The number of nitrogens with one attached hydrogen (secondary N) is 2. The minimum absolute atomic E-state index is 0.0880. The Bertz CT molecular complexity index is 588. The van der Waals surface area contributed by atoms with Gasteiger partial charge in [0.25, 0.3) is 5.91 Å². The Balaban J connectivity index is 1.66. The van der Waals surface area contributed by atoms with E-state index in [-0.39, 0.29) is 19.1 Å². The topological polar surface area (TPSA) is 80.3 Å². The second kappa shape index (κ2) is 7.64. The van der Waals surface area contributed by atoms with E-state index in [4.69, 9.17) is 4.74 Å². The molecule has 2 rings (SSSR count). The maximum atomic E-state index is 11.7. The van der Waals surface area contributed by atoms with Crippen LogP contribution in [0.3, 0.4) is 0 Å². The van der Waals surface area contributed by atoms with Crippen LogP contribution in [0.1, 0.15) is 10.4 Å². The number of carbonyl (C=O) groups excluding carboxylic acids is 2. The summed E-state index contributed by atoms with van der Waals surface area (Å²) in [5.74, 6) is -0.254. The fourth-order valence-electron chi connectivity index (χ4n) is 1.58. The van der Waals surface area contributed by atoms with Crippen molar-refractivity contribution in [2.75, 3.05) is 18.5 Å². The van der Waals surface area contributed by atoms with Crippen molar-refractivity contribution in [3.63, 3.8) is 0 Å². The number of benzene rings is 1. The molecule has 2 amide bonds. The van der Waals surface area contributed by atoms with Gasteiger partial charge in [0, 0.05) is 18.1 Å². The predicted molar refractivity (Wildman–Crippen MR) is 78.0 cm³/mol. The highest BCUT2D eigenvalue weighted by Gasteiger charge is 2.05. The molecule has 0 fully saturated rings. The van der Waals surface area contributed by atoms with Gasteiger partial charge < -0.3 is 10.1 Å². The van der Waals surface area contributed by atoms with E-state index in [9.17, 15) is 9.59 Å². The van der Waals surface area contributed by atoms with Crippen molar-refractivity contribution in [2.45, 2.75) is 0 Å². The lowest BCUT2D eigenvalue weighted by Crippen LogP contribution is -2.28. The minimum atomic E-state index is -0.558. The van der Waals surface area contributed by atoms with Crippen LogP contribution in [-0.4, -0.2) is 30.1 Å². The van der Waals surface area contributed by atoms with Gasteiger partial charge in [0.2, 0.25) is 0 Å². The molecule has 108 valence electrons. The summed E-state index contributed by atoms with van der Waals surface area (Å²) in [5, 5.41) is 5.21. The third-order valence-corrected chi connectivity index (χ3v) is 2.56. The SMILES string of the molecule is O=C(Nc1ccccc1)OCCNC(=O)c1cccnc1. The van der Waals surface area contributed by atoms with Crippen molar-refractivity contribution >= 4 is 17.7 Å². The summed E-state index contributed by atoms with van der Waals surface area (Å²) in [4.78, 5) is 27.0. The van der Waals surface area contributed by atoms with Crippen LogP contribution in [0.5, 0.6) is 0 Å². The Morgan fingerprint density at radius 1 is 1.10 bits per heavy atom. The van der Waals surface area contributed by atoms with Crippen LogP contribution in [0.15, 0.2) is 54.9 Å². The highest BCUT2D eigenvalue weighted by atomic mass is 16.5. The van der Waals surface area contributed by atoms with Crippen molar-refractivity contribution in [2.24, 2.45) is 0 Å². The van der Waals surface area contributed by atoms with Gasteiger partial charge in [0.1, 0.15) is 6.61 Å². The number of hydrogen-bond donors (Lipinski definition) is 2. The molecule has 0 bridgehead atoms. The first-order valence-corrected chi connectivity index (χ1v) is 6.43. The number of amides is 2. The van der Waals surface area contributed by atoms with Gasteiger partial charge in [0.05, 0.1) is 12.1 Å². The van der Waals surface area contributed by atoms with Crippen LogP contribution < -0.4 is 10.6 Å². The Morgan fingerprint density at radius 2 is 1.90 bits per heavy atom. The van der Waals surface area contributed by atoms with Crippen LogP contribution in [0.4, 0.5) is 10.5 Å². The first-order chi connectivity index (χ1) is 10.3. The van der Waals surface area contributed by atoms with Crippen LogP contribution in [0.2, 0.25) is 0 Å². The molecule has 0 unspecified atom stereocenters. The van der Waals surface area contributed by atoms with Crippen molar-refractivity contribution in [1.29, 1.82) is 0 Å². The van der Waals surface area contributed by atoms with E-state index in [0.29, 0.717) is 11.3 Å². The van der Waals surface area contributed by atoms with Gasteiger partial charge in [-0.05, 0) is 24.3 Å². The van der Waals surface area contributed by atoms with Gasteiger partial charge in [-0.1, -0.05) is 18.2 Å². The average Bonchev–Trinajstić information content (AvgIpc) is 2.53. The number of rotatable bonds is 5. The summed E-state index contributed by atoms with van der Waals surface area (Å²) in [6, 6.07) is 12.3. The number of carbonyl (C=O) groups is 2. The Labute approximate surface area is 122 Å². The zero-order valence-corrected chi connectivity index (χ0v) is 11.3. The van der Waals surface area contributed by atoms with Gasteiger partial charge >= 0.3 is 6.09 Å². The molecule has 1 aromatic carbocycles. The van der Waals surface area contributed by atoms with Crippen LogP contribution >= 0.6 is 0 Å². The largest absolute Gasteiger partial charge is 0.447 e. The molecular weight excluding hydrogens is 270 g/mol. The molecule has 0 saturated carbocycles. The minimum Gasteiger partial charge on any atom is -0.447 e. The fraction of sp³-hybridized carbons (Fsp3) is 0.133. The van der Waals surface area contributed by atoms with Gasteiger partial charge in [-0.15, -0.1) is 0 Å². The van der Waals surface area contributed by atoms with Gasteiger partial charge in [-0.3, -0.25) is 15.1 Å². The summed E-state index contributed by atoms with van der Waals surface area (Å²) < 4.78 is 4.95. The molecule has 0 saturated heterocycles. The summed E-state index contributed by atoms with van der Waals surface area (Å²) >= 11 is 0. The lowest BCUT2D eigenvalue weighted by molar-refractivity contribution is 0.0937. The van der Waals surface area contributed by atoms with Gasteiger partial charge in [-0.2, -0.15) is 0 Å². The van der Waals surface area contributed by atoms with Gasteiger partial charge in [-0.25, -0.2) is 4.79 Å². The van der Waals surface area contributed by atoms with Gasteiger partial charge in [0.15, 0.2) is 0 Å². The molecule has 2 aromatic rings. The van der Waals surface area contributed by atoms with E-state index in [2.05, 4.69) is 15.6 Å². The number of anilines is 1. The van der Waals surface area contributed by atoms with E-state index in [1.54, 1.807) is 30.5 Å². The van der Waals surface area contributed by atoms with Crippen LogP contribution in [-0.2, 0) is 4.74 Å². The number of aromatic nitrogens is 1. The van der Waals surface area contributed by atoms with E-state index in [1.807, 2.05) is 18.2 Å². The Hall–Kier alpha value is -2.89. The monoisotopic (exact) mass is 285 g/mol. The molecule has 0 aliphatic carbocycles. The average molecular weight is 285 g/mol.